The maximum Gasteiger partial charge on any atom is 0.223 e. The molecule has 2 rings (SSSR count). The van der Waals surface area contributed by atoms with Crippen LogP contribution in [0, 0.1) is 5.82 Å². The van der Waals surface area contributed by atoms with Gasteiger partial charge in [0.25, 0.3) is 0 Å². The molecule has 1 N–H and O–H groups in total. The molecule has 24 heavy (non-hydrogen) atoms. The molecule has 0 saturated heterocycles. The average molecular weight is 328 g/mol. The molecule has 0 aliphatic heterocycles. The highest BCUT2D eigenvalue weighted by molar-refractivity contribution is 5.92. The predicted octanol–water partition coefficient (Wildman–Crippen LogP) is 3.45. The van der Waals surface area contributed by atoms with Crippen molar-refractivity contribution in [2.24, 2.45) is 0 Å². The fourth-order valence-corrected chi connectivity index (χ4v) is 2.44. The second-order valence-corrected chi connectivity index (χ2v) is 5.60. The topological polar surface area (TPSA) is 49.4 Å². The molecule has 0 aromatic heterocycles. The number of nitrogens with one attached hydrogen (secondary N) is 1. The minimum Gasteiger partial charge on any atom is -0.350 e. The van der Waals surface area contributed by atoms with Crippen LogP contribution in [0.25, 0.3) is 0 Å². The molecule has 0 radical (unpaired) electrons. The van der Waals surface area contributed by atoms with E-state index >= 15 is 0 Å². The Balaban J connectivity index is 1.93. The number of nitrogens with zero attached hydrogens (tertiary/aromatic N) is 1. The Bertz CT molecular complexity index is 686. The molecule has 0 fully saturated rings. The van der Waals surface area contributed by atoms with Crippen molar-refractivity contribution >= 4 is 17.5 Å². The van der Waals surface area contributed by atoms with Gasteiger partial charge in [0, 0.05) is 25.6 Å². The Kier molecular flexibility index (Phi) is 6.07. The highest BCUT2D eigenvalue weighted by Crippen LogP contribution is 2.16. The van der Waals surface area contributed by atoms with E-state index in [0.717, 1.165) is 5.56 Å². The van der Waals surface area contributed by atoms with Gasteiger partial charge in [-0.15, -0.1) is 0 Å². The number of halogens is 1. The monoisotopic (exact) mass is 328 g/mol. The lowest BCUT2D eigenvalue weighted by Crippen LogP contribution is -2.34. The van der Waals surface area contributed by atoms with Crippen LogP contribution in [0.5, 0.6) is 0 Å². The third kappa shape index (κ3) is 4.91. The predicted molar refractivity (Wildman–Crippen MR) is 92.0 cm³/mol. The van der Waals surface area contributed by atoms with Crippen LogP contribution in [0.15, 0.2) is 54.6 Å². The summed E-state index contributed by atoms with van der Waals surface area (Å²) in [5.41, 5.74) is 1.60. The van der Waals surface area contributed by atoms with Crippen LogP contribution in [0.1, 0.15) is 31.9 Å². The fourth-order valence-electron chi connectivity index (χ4n) is 2.44. The summed E-state index contributed by atoms with van der Waals surface area (Å²) in [6.45, 7) is 3.58. The van der Waals surface area contributed by atoms with Gasteiger partial charge in [-0.1, -0.05) is 30.3 Å². The lowest BCUT2D eigenvalue weighted by molar-refractivity contribution is -0.121. The van der Waals surface area contributed by atoms with Gasteiger partial charge in [-0.2, -0.15) is 0 Å². The zero-order valence-corrected chi connectivity index (χ0v) is 13.8. The van der Waals surface area contributed by atoms with Crippen molar-refractivity contribution < 1.29 is 14.0 Å². The SMILES string of the molecule is CC(=O)N(CCC(=O)NC(C)c1ccccc1)c1ccc(F)cc1. The summed E-state index contributed by atoms with van der Waals surface area (Å²) in [4.78, 5) is 25.4. The molecule has 0 heterocycles. The molecule has 0 bridgehead atoms. The summed E-state index contributed by atoms with van der Waals surface area (Å²) in [6, 6.07) is 15.2. The molecule has 0 saturated carbocycles. The summed E-state index contributed by atoms with van der Waals surface area (Å²) < 4.78 is 13.0. The van der Waals surface area contributed by atoms with Gasteiger partial charge in [0.15, 0.2) is 0 Å². The first kappa shape index (κ1) is 17.7. The Morgan fingerprint density at radius 2 is 1.71 bits per heavy atom. The zero-order valence-electron chi connectivity index (χ0n) is 13.8. The minimum absolute atomic E-state index is 0.102. The van der Waals surface area contributed by atoms with E-state index in [9.17, 15) is 14.0 Å². The molecule has 2 amide bonds. The molecule has 2 aromatic rings. The molecule has 5 heteroatoms. The van der Waals surface area contributed by atoms with E-state index in [4.69, 9.17) is 0 Å². The van der Waals surface area contributed by atoms with E-state index in [1.165, 1.54) is 36.1 Å². The van der Waals surface area contributed by atoms with Crippen LogP contribution in [0.2, 0.25) is 0 Å². The van der Waals surface area contributed by atoms with Gasteiger partial charge >= 0.3 is 0 Å². The highest BCUT2D eigenvalue weighted by Gasteiger charge is 2.15. The number of carbonyl (C=O) groups is 2. The summed E-state index contributed by atoms with van der Waals surface area (Å²) in [5, 5.41) is 2.91. The number of anilines is 1. The minimum atomic E-state index is -0.364. The average Bonchev–Trinajstić information content (AvgIpc) is 2.57. The molecule has 2 aromatic carbocycles. The maximum absolute atomic E-state index is 13.0. The second-order valence-electron chi connectivity index (χ2n) is 5.60. The Hall–Kier alpha value is -2.69. The molecular formula is C19H21FN2O2. The first-order chi connectivity index (χ1) is 11.5. The zero-order chi connectivity index (χ0) is 17.5. The van der Waals surface area contributed by atoms with Crippen LogP contribution in [0.3, 0.4) is 0 Å². The van der Waals surface area contributed by atoms with Crippen molar-refractivity contribution in [3.05, 3.63) is 66.0 Å². The highest BCUT2D eigenvalue weighted by atomic mass is 19.1. The summed E-state index contributed by atoms with van der Waals surface area (Å²) in [7, 11) is 0. The molecule has 4 nitrogen and oxygen atoms in total. The molecule has 0 spiro atoms. The lowest BCUT2D eigenvalue weighted by Gasteiger charge is -2.21. The molecular weight excluding hydrogens is 307 g/mol. The summed E-state index contributed by atoms with van der Waals surface area (Å²) in [5.74, 6) is -0.693. The van der Waals surface area contributed by atoms with Crippen LogP contribution >= 0.6 is 0 Å². The number of benzene rings is 2. The third-order valence-corrected chi connectivity index (χ3v) is 3.76. The summed E-state index contributed by atoms with van der Waals surface area (Å²) in [6.07, 6.45) is 0.175. The van der Waals surface area contributed by atoms with Crippen LogP contribution in [0.4, 0.5) is 10.1 Å². The number of carbonyl (C=O) groups excluding carboxylic acids is 2. The number of amides is 2. The van der Waals surface area contributed by atoms with E-state index in [2.05, 4.69) is 5.32 Å². The van der Waals surface area contributed by atoms with Gasteiger partial charge in [0.1, 0.15) is 5.82 Å². The Morgan fingerprint density at radius 3 is 2.29 bits per heavy atom. The third-order valence-electron chi connectivity index (χ3n) is 3.76. The first-order valence-corrected chi connectivity index (χ1v) is 7.85. The van der Waals surface area contributed by atoms with Gasteiger partial charge in [-0.25, -0.2) is 4.39 Å². The quantitative estimate of drug-likeness (QED) is 0.883. The van der Waals surface area contributed by atoms with Gasteiger partial charge in [-0.3, -0.25) is 9.59 Å². The molecule has 0 aliphatic carbocycles. The molecule has 1 unspecified atom stereocenters. The van der Waals surface area contributed by atoms with E-state index in [0.29, 0.717) is 5.69 Å². The smallest absolute Gasteiger partial charge is 0.223 e. The van der Waals surface area contributed by atoms with Crippen LogP contribution < -0.4 is 10.2 Å². The first-order valence-electron chi connectivity index (χ1n) is 7.85. The van der Waals surface area contributed by atoms with Gasteiger partial charge in [0.2, 0.25) is 11.8 Å². The van der Waals surface area contributed by atoms with E-state index in [-0.39, 0.29) is 36.6 Å². The van der Waals surface area contributed by atoms with E-state index < -0.39 is 0 Å². The van der Waals surface area contributed by atoms with Gasteiger partial charge in [-0.05, 0) is 36.8 Å². The second kappa shape index (κ2) is 8.24. The van der Waals surface area contributed by atoms with Crippen LogP contribution in [-0.4, -0.2) is 18.4 Å². The van der Waals surface area contributed by atoms with E-state index in [1.807, 2.05) is 37.3 Å². The Labute approximate surface area is 141 Å². The standard InChI is InChI=1S/C19H21FN2O2/c1-14(16-6-4-3-5-7-16)21-19(24)12-13-22(15(2)23)18-10-8-17(20)9-11-18/h3-11,14H,12-13H2,1-2H3,(H,21,24). The maximum atomic E-state index is 13.0. The number of rotatable bonds is 6. The van der Waals surface area contributed by atoms with Crippen molar-refractivity contribution in [2.45, 2.75) is 26.3 Å². The van der Waals surface area contributed by atoms with Crippen molar-refractivity contribution in [3.63, 3.8) is 0 Å². The fraction of sp³-hybridized carbons (Fsp3) is 0.263. The van der Waals surface area contributed by atoms with Crippen molar-refractivity contribution in [1.29, 1.82) is 0 Å². The molecule has 126 valence electrons. The molecule has 1 atom stereocenters. The van der Waals surface area contributed by atoms with Gasteiger partial charge in [0.05, 0.1) is 6.04 Å². The number of hydrogen-bond acceptors (Lipinski definition) is 2. The largest absolute Gasteiger partial charge is 0.350 e. The lowest BCUT2D eigenvalue weighted by atomic mass is 10.1. The Morgan fingerprint density at radius 1 is 1.08 bits per heavy atom. The van der Waals surface area contributed by atoms with Crippen molar-refractivity contribution in [1.82, 2.24) is 5.32 Å². The normalized spacial score (nSPS) is 11.6. The number of hydrogen-bond donors (Lipinski definition) is 1. The van der Waals surface area contributed by atoms with Crippen molar-refractivity contribution in [3.8, 4) is 0 Å². The van der Waals surface area contributed by atoms with Crippen molar-refractivity contribution in [2.75, 3.05) is 11.4 Å². The van der Waals surface area contributed by atoms with Crippen LogP contribution in [-0.2, 0) is 9.59 Å². The summed E-state index contributed by atoms with van der Waals surface area (Å²) >= 11 is 0. The van der Waals surface area contributed by atoms with Gasteiger partial charge < -0.3 is 10.2 Å². The van der Waals surface area contributed by atoms with E-state index in [1.54, 1.807) is 0 Å². The molecule has 0 aliphatic rings.